The highest BCUT2D eigenvalue weighted by Crippen LogP contribution is 2.21. The molecule has 0 radical (unpaired) electrons. The summed E-state index contributed by atoms with van der Waals surface area (Å²) in [5.41, 5.74) is 4.08. The van der Waals surface area contributed by atoms with Gasteiger partial charge in [-0.15, -0.1) is 24.0 Å². The number of aryl methyl sites for hydroxylation is 1. The fourth-order valence-corrected chi connectivity index (χ4v) is 4.25. The normalized spacial score (nSPS) is 19.7. The number of carbonyl (C=O) groups is 1. The average molecular weight is 540 g/mol. The summed E-state index contributed by atoms with van der Waals surface area (Å²) in [5.74, 6) is 0.786. The highest BCUT2D eigenvalue weighted by atomic mass is 127. The van der Waals surface area contributed by atoms with Crippen LogP contribution < -0.4 is 10.6 Å². The molecule has 1 fully saturated rings. The van der Waals surface area contributed by atoms with Crippen molar-refractivity contribution in [3.05, 3.63) is 47.5 Å². The standard InChI is InChI=1S/C24H37N5O.HI/c1-18(2)17-29-13-11-21(12-14-29)26-24(25-16-23(30)28(3)4)27-22-10-9-19-7-5-6-8-20(19)15-22;/h5-8,21-22H,1,9-17H2,2-4H3,(H2,25,26,27);1H. The Morgan fingerprint density at radius 1 is 1.13 bits per heavy atom. The second-order valence-corrected chi connectivity index (χ2v) is 8.96. The van der Waals surface area contributed by atoms with E-state index in [9.17, 15) is 4.79 Å². The molecule has 1 saturated heterocycles. The first kappa shape index (κ1) is 25.6. The van der Waals surface area contributed by atoms with Crippen LogP contribution in [0.4, 0.5) is 0 Å². The van der Waals surface area contributed by atoms with Crippen molar-refractivity contribution >= 4 is 35.8 Å². The zero-order valence-electron chi connectivity index (χ0n) is 19.2. The third kappa shape index (κ3) is 8.11. The zero-order valence-corrected chi connectivity index (χ0v) is 21.5. The van der Waals surface area contributed by atoms with Crippen LogP contribution in [0, 0.1) is 0 Å². The van der Waals surface area contributed by atoms with Crippen LogP contribution in [0.5, 0.6) is 0 Å². The first-order chi connectivity index (χ1) is 14.4. The summed E-state index contributed by atoms with van der Waals surface area (Å²) in [6.45, 7) is 9.38. The molecule has 1 aliphatic heterocycles. The summed E-state index contributed by atoms with van der Waals surface area (Å²) >= 11 is 0. The molecule has 1 heterocycles. The van der Waals surface area contributed by atoms with E-state index >= 15 is 0 Å². The Bertz CT molecular complexity index is 771. The minimum Gasteiger partial charge on any atom is -0.354 e. The number of likely N-dealkylation sites (N-methyl/N-ethyl adjacent to an activating group) is 1. The Balaban J connectivity index is 0.00000341. The van der Waals surface area contributed by atoms with Gasteiger partial charge in [0, 0.05) is 45.8 Å². The number of likely N-dealkylation sites (tertiary alicyclic amines) is 1. The van der Waals surface area contributed by atoms with Gasteiger partial charge < -0.3 is 15.5 Å². The number of carbonyl (C=O) groups excluding carboxylic acids is 1. The van der Waals surface area contributed by atoms with Crippen LogP contribution in [0.3, 0.4) is 0 Å². The highest BCUT2D eigenvalue weighted by Gasteiger charge is 2.23. The molecule has 0 spiro atoms. The number of guanidine groups is 1. The maximum absolute atomic E-state index is 12.1. The van der Waals surface area contributed by atoms with Gasteiger partial charge in [0.15, 0.2) is 5.96 Å². The Morgan fingerprint density at radius 2 is 1.77 bits per heavy atom. The van der Waals surface area contributed by atoms with E-state index < -0.39 is 0 Å². The van der Waals surface area contributed by atoms with E-state index in [-0.39, 0.29) is 36.4 Å². The lowest BCUT2D eigenvalue weighted by Gasteiger charge is -2.34. The SMILES string of the molecule is C=C(C)CN1CCC(NC(=NCC(=O)N(C)C)NC2CCc3ccccc3C2)CC1.I. The molecule has 1 amide bonds. The monoisotopic (exact) mass is 539 g/mol. The number of amides is 1. The first-order valence-corrected chi connectivity index (χ1v) is 11.1. The van der Waals surface area contributed by atoms with Crippen molar-refractivity contribution in [2.75, 3.05) is 40.3 Å². The lowest BCUT2D eigenvalue weighted by Crippen LogP contribution is -2.52. The predicted octanol–water partition coefficient (Wildman–Crippen LogP) is 2.83. The fourth-order valence-electron chi connectivity index (χ4n) is 4.25. The van der Waals surface area contributed by atoms with E-state index in [0.717, 1.165) is 57.7 Å². The molecule has 0 aromatic heterocycles. The van der Waals surface area contributed by atoms with Gasteiger partial charge in [-0.2, -0.15) is 0 Å². The molecule has 1 aromatic carbocycles. The molecular weight excluding hydrogens is 501 g/mol. The fraction of sp³-hybridized carbons (Fsp3) is 0.583. The topological polar surface area (TPSA) is 60.0 Å². The van der Waals surface area contributed by atoms with Gasteiger partial charge in [-0.05, 0) is 50.2 Å². The van der Waals surface area contributed by atoms with Crippen molar-refractivity contribution in [3.8, 4) is 0 Å². The molecule has 2 aliphatic rings. The van der Waals surface area contributed by atoms with Gasteiger partial charge in [0.25, 0.3) is 0 Å². The largest absolute Gasteiger partial charge is 0.354 e. The molecule has 172 valence electrons. The summed E-state index contributed by atoms with van der Waals surface area (Å²) in [5, 5.41) is 7.24. The summed E-state index contributed by atoms with van der Waals surface area (Å²) < 4.78 is 0. The van der Waals surface area contributed by atoms with Crippen LogP contribution >= 0.6 is 24.0 Å². The number of benzene rings is 1. The van der Waals surface area contributed by atoms with Gasteiger partial charge in [0.2, 0.25) is 5.91 Å². The molecule has 0 bridgehead atoms. The molecule has 2 N–H and O–H groups in total. The summed E-state index contributed by atoms with van der Waals surface area (Å²) in [6, 6.07) is 9.40. The number of rotatable bonds is 6. The van der Waals surface area contributed by atoms with Gasteiger partial charge in [0.1, 0.15) is 6.54 Å². The number of fused-ring (bicyclic) bond motifs is 1. The number of hydrogen-bond acceptors (Lipinski definition) is 3. The van der Waals surface area contributed by atoms with Crippen molar-refractivity contribution < 1.29 is 4.79 Å². The predicted molar refractivity (Wildman–Crippen MR) is 139 cm³/mol. The van der Waals surface area contributed by atoms with E-state index in [1.54, 1.807) is 19.0 Å². The van der Waals surface area contributed by atoms with Crippen LogP contribution in [0.1, 0.15) is 37.3 Å². The van der Waals surface area contributed by atoms with Crippen LogP contribution in [-0.2, 0) is 17.6 Å². The molecule has 1 atom stereocenters. The quantitative estimate of drug-likeness (QED) is 0.253. The summed E-state index contributed by atoms with van der Waals surface area (Å²) in [4.78, 5) is 20.8. The Morgan fingerprint density at radius 3 is 2.42 bits per heavy atom. The lowest BCUT2D eigenvalue weighted by molar-refractivity contribution is -0.127. The van der Waals surface area contributed by atoms with Gasteiger partial charge in [-0.1, -0.05) is 36.4 Å². The lowest BCUT2D eigenvalue weighted by atomic mass is 9.88. The van der Waals surface area contributed by atoms with Crippen molar-refractivity contribution in [2.45, 2.75) is 51.1 Å². The van der Waals surface area contributed by atoms with Gasteiger partial charge in [0.05, 0.1) is 0 Å². The zero-order chi connectivity index (χ0) is 21.5. The van der Waals surface area contributed by atoms with Gasteiger partial charge in [-0.3, -0.25) is 9.69 Å². The number of nitrogens with zero attached hydrogens (tertiary/aromatic N) is 3. The van der Waals surface area contributed by atoms with Crippen LogP contribution in [0.2, 0.25) is 0 Å². The molecule has 7 heteroatoms. The van der Waals surface area contributed by atoms with E-state index in [1.165, 1.54) is 16.7 Å². The highest BCUT2D eigenvalue weighted by molar-refractivity contribution is 14.0. The molecule has 6 nitrogen and oxygen atoms in total. The molecule has 1 aliphatic carbocycles. The minimum atomic E-state index is 0. The number of hydrogen-bond donors (Lipinski definition) is 2. The molecule has 3 rings (SSSR count). The Hall–Kier alpha value is -1.61. The smallest absolute Gasteiger partial charge is 0.243 e. The molecule has 1 unspecified atom stereocenters. The van der Waals surface area contributed by atoms with Crippen molar-refractivity contribution in [3.63, 3.8) is 0 Å². The van der Waals surface area contributed by atoms with Crippen LogP contribution in [-0.4, -0.2) is 74.0 Å². The number of nitrogens with one attached hydrogen (secondary N) is 2. The summed E-state index contributed by atoms with van der Waals surface area (Å²) in [6.07, 6.45) is 5.30. The van der Waals surface area contributed by atoms with Gasteiger partial charge >= 0.3 is 0 Å². The van der Waals surface area contributed by atoms with E-state index in [2.05, 4.69) is 58.3 Å². The van der Waals surface area contributed by atoms with Crippen molar-refractivity contribution in [1.82, 2.24) is 20.4 Å². The second kappa shape index (κ2) is 12.4. The number of piperidine rings is 1. The molecule has 0 saturated carbocycles. The minimum absolute atomic E-state index is 0. The Kier molecular flexibility index (Phi) is 10.3. The van der Waals surface area contributed by atoms with Crippen molar-refractivity contribution in [2.24, 2.45) is 4.99 Å². The van der Waals surface area contributed by atoms with E-state index in [0.29, 0.717) is 12.1 Å². The third-order valence-corrected chi connectivity index (χ3v) is 5.98. The maximum Gasteiger partial charge on any atom is 0.243 e. The van der Waals surface area contributed by atoms with Crippen LogP contribution in [0.15, 0.2) is 41.4 Å². The van der Waals surface area contributed by atoms with Crippen LogP contribution in [0.25, 0.3) is 0 Å². The molecular formula is C24H38IN5O. The maximum atomic E-state index is 12.1. The van der Waals surface area contributed by atoms with Crippen molar-refractivity contribution in [1.29, 1.82) is 0 Å². The van der Waals surface area contributed by atoms with E-state index in [4.69, 9.17) is 0 Å². The van der Waals surface area contributed by atoms with Gasteiger partial charge in [-0.25, -0.2) is 4.99 Å². The second-order valence-electron chi connectivity index (χ2n) is 8.96. The third-order valence-electron chi connectivity index (χ3n) is 5.98. The molecule has 31 heavy (non-hydrogen) atoms. The number of aliphatic imine (C=N–C) groups is 1. The average Bonchev–Trinajstić information content (AvgIpc) is 2.72. The summed E-state index contributed by atoms with van der Waals surface area (Å²) in [7, 11) is 3.54. The number of halogens is 1. The Labute approximate surface area is 204 Å². The first-order valence-electron chi connectivity index (χ1n) is 11.1. The van der Waals surface area contributed by atoms with E-state index in [1.807, 2.05) is 0 Å². The molecule has 1 aromatic rings.